The van der Waals surface area contributed by atoms with Gasteiger partial charge in [-0.2, -0.15) is 5.10 Å². The lowest BCUT2D eigenvalue weighted by Gasteiger charge is -2.41. The monoisotopic (exact) mass is 330 g/mol. The second-order valence-electron chi connectivity index (χ2n) is 5.60. The first kappa shape index (κ1) is 16.7. The van der Waals surface area contributed by atoms with E-state index in [0.717, 1.165) is 29.4 Å². The van der Waals surface area contributed by atoms with E-state index in [-0.39, 0.29) is 11.6 Å². The van der Waals surface area contributed by atoms with Gasteiger partial charge in [0.05, 0.1) is 15.9 Å². The van der Waals surface area contributed by atoms with Crippen LogP contribution in [0.2, 0.25) is 0 Å². The summed E-state index contributed by atoms with van der Waals surface area (Å²) in [4.78, 5) is 2.22. The number of likely N-dealkylation sites (N-methyl/N-ethyl adjacent to an activating group) is 1. The van der Waals surface area contributed by atoms with Crippen LogP contribution >= 0.6 is 15.9 Å². The maximum absolute atomic E-state index is 6.48. The van der Waals surface area contributed by atoms with Crippen molar-refractivity contribution in [3.63, 3.8) is 0 Å². The van der Waals surface area contributed by atoms with Crippen LogP contribution < -0.4 is 5.73 Å². The molecule has 2 atom stereocenters. The number of halogens is 1. The van der Waals surface area contributed by atoms with Gasteiger partial charge in [-0.25, -0.2) is 0 Å². The Kier molecular flexibility index (Phi) is 5.59. The predicted octanol–water partition coefficient (Wildman–Crippen LogP) is 2.35. The Balaban J connectivity index is 2.99. The molecule has 0 aliphatic rings. The van der Waals surface area contributed by atoms with Gasteiger partial charge in [0.1, 0.15) is 0 Å². The van der Waals surface area contributed by atoms with E-state index in [9.17, 15) is 0 Å². The number of hydrogen-bond donors (Lipinski definition) is 1. The maximum atomic E-state index is 6.48. The maximum Gasteiger partial charge on any atom is 0.0766 e. The van der Waals surface area contributed by atoms with Crippen molar-refractivity contribution in [2.75, 3.05) is 14.1 Å². The molecule has 2 N–H and O–H groups in total. The molecule has 0 aliphatic carbocycles. The van der Waals surface area contributed by atoms with E-state index >= 15 is 0 Å². The predicted molar refractivity (Wildman–Crippen MR) is 84.3 cm³/mol. The van der Waals surface area contributed by atoms with Gasteiger partial charge in [-0.1, -0.05) is 13.8 Å². The standard InChI is InChI=1S/C14H27BrN4/c1-7-10-13(15)11(19(6)17-10)9-12(16)14(3,8-2)18(4)5/h12H,7-9,16H2,1-6H3. The largest absolute Gasteiger partial charge is 0.326 e. The number of aromatic nitrogens is 2. The molecule has 0 aliphatic heterocycles. The van der Waals surface area contributed by atoms with E-state index in [4.69, 9.17) is 5.73 Å². The molecule has 0 spiro atoms. The minimum Gasteiger partial charge on any atom is -0.326 e. The topological polar surface area (TPSA) is 47.1 Å². The number of nitrogens with zero attached hydrogens (tertiary/aromatic N) is 3. The quantitative estimate of drug-likeness (QED) is 0.870. The lowest BCUT2D eigenvalue weighted by molar-refractivity contribution is 0.130. The molecule has 110 valence electrons. The van der Waals surface area contributed by atoms with Crippen molar-refractivity contribution >= 4 is 15.9 Å². The van der Waals surface area contributed by atoms with Crippen molar-refractivity contribution < 1.29 is 0 Å². The summed E-state index contributed by atoms with van der Waals surface area (Å²) in [5.41, 5.74) is 8.77. The fourth-order valence-electron chi connectivity index (χ4n) is 2.38. The second-order valence-corrected chi connectivity index (χ2v) is 6.39. The summed E-state index contributed by atoms with van der Waals surface area (Å²) in [6, 6.07) is 0.0731. The molecule has 0 radical (unpaired) electrons. The third kappa shape index (κ3) is 3.20. The Morgan fingerprint density at radius 3 is 2.37 bits per heavy atom. The molecule has 1 aromatic rings. The van der Waals surface area contributed by atoms with Crippen molar-refractivity contribution in [3.05, 3.63) is 15.9 Å². The summed E-state index contributed by atoms with van der Waals surface area (Å²) in [5.74, 6) is 0. The molecule has 2 unspecified atom stereocenters. The molecule has 0 saturated heterocycles. The van der Waals surface area contributed by atoms with Gasteiger partial charge >= 0.3 is 0 Å². The highest BCUT2D eigenvalue weighted by molar-refractivity contribution is 9.10. The number of nitrogens with two attached hydrogens (primary N) is 1. The summed E-state index contributed by atoms with van der Waals surface area (Å²) in [6.07, 6.45) is 2.78. The van der Waals surface area contributed by atoms with Crippen LogP contribution in [0.3, 0.4) is 0 Å². The summed E-state index contributed by atoms with van der Waals surface area (Å²) < 4.78 is 3.07. The lowest BCUT2D eigenvalue weighted by atomic mass is 9.86. The van der Waals surface area contributed by atoms with Crippen LogP contribution in [0, 0.1) is 0 Å². The molecule has 0 saturated carbocycles. The molecule has 0 fully saturated rings. The van der Waals surface area contributed by atoms with Crippen LogP contribution in [0.25, 0.3) is 0 Å². The minimum absolute atomic E-state index is 0.00388. The van der Waals surface area contributed by atoms with Crippen LogP contribution in [-0.2, 0) is 19.9 Å². The van der Waals surface area contributed by atoms with Crippen LogP contribution in [0.5, 0.6) is 0 Å². The van der Waals surface area contributed by atoms with E-state index in [0.29, 0.717) is 0 Å². The van der Waals surface area contributed by atoms with Crippen LogP contribution in [-0.4, -0.2) is 40.4 Å². The molecule has 1 aromatic heterocycles. The van der Waals surface area contributed by atoms with E-state index in [1.54, 1.807) is 0 Å². The third-order valence-corrected chi connectivity index (χ3v) is 5.37. The molecular formula is C14H27BrN4. The molecular weight excluding hydrogens is 304 g/mol. The van der Waals surface area contributed by atoms with Gasteiger partial charge in [0.15, 0.2) is 0 Å². The molecule has 1 rings (SSSR count). The molecule has 4 nitrogen and oxygen atoms in total. The third-order valence-electron chi connectivity index (χ3n) is 4.45. The smallest absolute Gasteiger partial charge is 0.0766 e. The molecule has 0 bridgehead atoms. The van der Waals surface area contributed by atoms with Crippen LogP contribution in [0.15, 0.2) is 4.47 Å². The van der Waals surface area contributed by atoms with Gasteiger partial charge in [0.25, 0.3) is 0 Å². The zero-order valence-corrected chi connectivity index (χ0v) is 14.6. The summed E-state index contributed by atoms with van der Waals surface area (Å²) in [6.45, 7) is 6.53. The number of hydrogen-bond acceptors (Lipinski definition) is 3. The van der Waals surface area contributed by atoms with Crippen molar-refractivity contribution in [1.29, 1.82) is 0 Å². The van der Waals surface area contributed by atoms with E-state index in [1.165, 1.54) is 5.69 Å². The van der Waals surface area contributed by atoms with Gasteiger partial charge in [-0.05, 0) is 49.8 Å². The Bertz CT molecular complexity index is 427. The average Bonchev–Trinajstić information content (AvgIpc) is 2.64. The molecule has 5 heteroatoms. The SMILES string of the molecule is CCc1nn(C)c(CC(N)C(C)(CC)N(C)C)c1Br. The highest BCUT2D eigenvalue weighted by atomic mass is 79.9. The lowest BCUT2D eigenvalue weighted by Crippen LogP contribution is -2.56. The second kappa shape index (κ2) is 6.37. The number of aryl methyl sites for hydroxylation is 2. The normalized spacial score (nSPS) is 16.7. The Morgan fingerprint density at radius 2 is 2.00 bits per heavy atom. The van der Waals surface area contributed by atoms with E-state index in [1.807, 2.05) is 11.7 Å². The van der Waals surface area contributed by atoms with Crippen molar-refractivity contribution in [2.24, 2.45) is 12.8 Å². The highest BCUT2D eigenvalue weighted by Crippen LogP contribution is 2.27. The highest BCUT2D eigenvalue weighted by Gasteiger charge is 2.33. The van der Waals surface area contributed by atoms with E-state index in [2.05, 4.69) is 60.8 Å². The fraction of sp³-hybridized carbons (Fsp3) is 0.786. The molecule has 1 heterocycles. The minimum atomic E-state index is -0.00388. The summed E-state index contributed by atoms with van der Waals surface area (Å²) in [7, 11) is 6.18. The Labute approximate surface area is 125 Å². The van der Waals surface area contributed by atoms with Crippen molar-refractivity contribution in [3.8, 4) is 0 Å². The Hall–Kier alpha value is -0.390. The van der Waals surface area contributed by atoms with E-state index < -0.39 is 0 Å². The zero-order chi connectivity index (χ0) is 14.8. The molecule has 0 amide bonds. The summed E-state index contributed by atoms with van der Waals surface area (Å²) >= 11 is 3.66. The number of rotatable bonds is 6. The molecule has 19 heavy (non-hydrogen) atoms. The van der Waals surface area contributed by atoms with Gasteiger partial charge in [-0.15, -0.1) is 0 Å². The van der Waals surface area contributed by atoms with Crippen LogP contribution in [0.1, 0.15) is 38.6 Å². The Morgan fingerprint density at radius 1 is 1.42 bits per heavy atom. The van der Waals surface area contributed by atoms with Crippen molar-refractivity contribution in [1.82, 2.24) is 14.7 Å². The zero-order valence-electron chi connectivity index (χ0n) is 13.0. The van der Waals surface area contributed by atoms with Gasteiger partial charge in [-0.3, -0.25) is 4.68 Å². The fourth-order valence-corrected chi connectivity index (χ4v) is 3.16. The first-order valence-corrected chi connectivity index (χ1v) is 7.70. The molecule has 0 aromatic carbocycles. The average molecular weight is 331 g/mol. The van der Waals surface area contributed by atoms with Crippen molar-refractivity contribution in [2.45, 2.75) is 51.6 Å². The van der Waals surface area contributed by atoms with Gasteiger partial charge < -0.3 is 10.6 Å². The summed E-state index contributed by atoms with van der Waals surface area (Å²) in [5, 5.41) is 4.54. The first-order chi connectivity index (χ1) is 8.77. The van der Waals surface area contributed by atoms with Crippen LogP contribution in [0.4, 0.5) is 0 Å². The first-order valence-electron chi connectivity index (χ1n) is 6.91. The van der Waals surface area contributed by atoms with Gasteiger partial charge in [0.2, 0.25) is 0 Å². The van der Waals surface area contributed by atoms with Gasteiger partial charge in [0, 0.05) is 25.0 Å².